The van der Waals surface area contributed by atoms with Gasteiger partial charge in [-0.2, -0.15) is 0 Å². The molecule has 4 nitrogen and oxygen atoms in total. The first-order valence-corrected chi connectivity index (χ1v) is 3.75. The van der Waals surface area contributed by atoms with Crippen LogP contribution in [0.4, 0.5) is 0 Å². The fourth-order valence-electron chi connectivity index (χ4n) is 1.08. The van der Waals surface area contributed by atoms with Gasteiger partial charge < -0.3 is 0 Å². The zero-order valence-electron chi connectivity index (χ0n) is 6.69. The fraction of sp³-hybridized carbons (Fsp3) is 0. The quantitative estimate of drug-likeness (QED) is 0.645. The summed E-state index contributed by atoms with van der Waals surface area (Å²) in [6.45, 7) is 0. The largest absolute Gasteiger partial charge is 0.288 e. The van der Waals surface area contributed by atoms with Crippen molar-refractivity contribution in [2.75, 3.05) is 0 Å². The predicted octanol–water partition coefficient (Wildman–Crippen LogP) is 1.05. The molecule has 0 aromatic carbocycles. The van der Waals surface area contributed by atoms with Crippen molar-refractivity contribution in [3.05, 3.63) is 36.2 Å². The summed E-state index contributed by atoms with van der Waals surface area (Å²) in [4.78, 5) is 18.6. The molecule has 0 spiro atoms. The van der Waals surface area contributed by atoms with E-state index >= 15 is 0 Å². The second-order valence-corrected chi connectivity index (χ2v) is 2.58. The van der Waals surface area contributed by atoms with Crippen molar-refractivity contribution in [3.63, 3.8) is 0 Å². The minimum Gasteiger partial charge on any atom is -0.266 e. The summed E-state index contributed by atoms with van der Waals surface area (Å²) in [6.07, 6.45) is 1.60. The van der Waals surface area contributed by atoms with E-state index in [0.717, 1.165) is 5.39 Å². The molecule has 0 aliphatic carbocycles. The van der Waals surface area contributed by atoms with Crippen molar-refractivity contribution in [1.82, 2.24) is 15.7 Å². The molecule has 2 rings (SSSR count). The maximum Gasteiger partial charge on any atom is 0.288 e. The minimum atomic E-state index is -0.785. The molecule has 1 amide bonds. The average Bonchev–Trinajstić information content (AvgIpc) is 2.17. The van der Waals surface area contributed by atoms with E-state index in [1.54, 1.807) is 18.3 Å². The Balaban J connectivity index is 2.69. The molecule has 0 atom stereocenters. The number of pyridine rings is 2. The molecule has 0 aliphatic rings. The molecule has 4 heteroatoms. The average molecular weight is 172 g/mol. The molecule has 0 fully saturated rings. The van der Waals surface area contributed by atoms with Crippen LogP contribution in [0.5, 0.6) is 0 Å². The predicted molar refractivity (Wildman–Crippen MR) is 47.0 cm³/mol. The third kappa shape index (κ3) is 1.33. The minimum absolute atomic E-state index is 0.131. The van der Waals surface area contributed by atoms with E-state index in [2.05, 4.69) is 9.97 Å². The first kappa shape index (κ1) is 7.67. The molecule has 0 unspecified atom stereocenters. The standard InChI is InChI=1S/C9H6N3O/c10-8(13)7-4-3-6-2-1-5-11-9(6)12-7/h1-5,10H. The first-order valence-electron chi connectivity index (χ1n) is 3.75. The van der Waals surface area contributed by atoms with Gasteiger partial charge in [0, 0.05) is 11.6 Å². The Morgan fingerprint density at radius 3 is 2.92 bits per heavy atom. The van der Waals surface area contributed by atoms with Gasteiger partial charge in [0.15, 0.2) is 5.65 Å². The van der Waals surface area contributed by atoms with Crippen molar-refractivity contribution >= 4 is 16.9 Å². The molecule has 0 bridgehead atoms. The molecule has 2 aromatic heterocycles. The van der Waals surface area contributed by atoms with E-state index in [4.69, 9.17) is 5.73 Å². The van der Waals surface area contributed by atoms with Gasteiger partial charge in [0.2, 0.25) is 0 Å². The molecule has 2 heterocycles. The van der Waals surface area contributed by atoms with Crippen LogP contribution in [0.3, 0.4) is 0 Å². The maximum atomic E-state index is 10.7. The number of hydrogen-bond acceptors (Lipinski definition) is 3. The lowest BCUT2D eigenvalue weighted by molar-refractivity contribution is 0.0987. The Morgan fingerprint density at radius 2 is 2.15 bits per heavy atom. The Morgan fingerprint density at radius 1 is 1.31 bits per heavy atom. The Bertz CT molecular complexity index is 467. The molecule has 0 saturated heterocycles. The number of nitrogens with one attached hydrogen (secondary N) is 1. The number of carbonyl (C=O) groups excluding carboxylic acids is 1. The summed E-state index contributed by atoms with van der Waals surface area (Å²) in [5.41, 5.74) is 7.50. The van der Waals surface area contributed by atoms with Gasteiger partial charge in [-0.05, 0) is 24.3 Å². The smallest absolute Gasteiger partial charge is 0.266 e. The van der Waals surface area contributed by atoms with Crippen molar-refractivity contribution in [2.45, 2.75) is 0 Å². The summed E-state index contributed by atoms with van der Waals surface area (Å²) in [5.74, 6) is -0.785. The van der Waals surface area contributed by atoms with Crippen LogP contribution in [-0.4, -0.2) is 15.9 Å². The third-order valence-electron chi connectivity index (χ3n) is 1.70. The van der Waals surface area contributed by atoms with Gasteiger partial charge in [0.05, 0.1) is 0 Å². The van der Waals surface area contributed by atoms with Gasteiger partial charge in [-0.15, -0.1) is 0 Å². The Labute approximate surface area is 74.4 Å². The van der Waals surface area contributed by atoms with Crippen molar-refractivity contribution in [3.8, 4) is 0 Å². The van der Waals surface area contributed by atoms with Gasteiger partial charge in [0.25, 0.3) is 5.91 Å². The van der Waals surface area contributed by atoms with Gasteiger partial charge in [0.1, 0.15) is 5.69 Å². The van der Waals surface area contributed by atoms with Crippen LogP contribution in [0, 0.1) is 0 Å². The van der Waals surface area contributed by atoms with E-state index in [-0.39, 0.29) is 5.69 Å². The van der Waals surface area contributed by atoms with Crippen LogP contribution in [0.1, 0.15) is 10.5 Å². The molecule has 13 heavy (non-hydrogen) atoms. The number of hydrogen-bond donors (Lipinski definition) is 0. The van der Waals surface area contributed by atoms with Gasteiger partial charge in [-0.25, -0.2) is 9.97 Å². The molecule has 1 radical (unpaired) electrons. The molecule has 1 N–H and O–H groups in total. The van der Waals surface area contributed by atoms with Crippen LogP contribution in [0.25, 0.3) is 11.0 Å². The maximum absolute atomic E-state index is 10.7. The van der Waals surface area contributed by atoms with Crippen molar-refractivity contribution < 1.29 is 4.79 Å². The third-order valence-corrected chi connectivity index (χ3v) is 1.70. The van der Waals surface area contributed by atoms with E-state index < -0.39 is 5.91 Å². The zero-order chi connectivity index (χ0) is 9.26. The molecule has 63 valence electrons. The number of aromatic nitrogens is 2. The second kappa shape index (κ2) is 2.82. The lowest BCUT2D eigenvalue weighted by Crippen LogP contribution is -2.02. The summed E-state index contributed by atoms with van der Waals surface area (Å²) in [6, 6.07) is 6.91. The lowest BCUT2D eigenvalue weighted by Gasteiger charge is -1.96. The molecule has 2 aromatic rings. The van der Waals surface area contributed by atoms with Crippen molar-refractivity contribution in [1.29, 1.82) is 0 Å². The van der Waals surface area contributed by atoms with Gasteiger partial charge in [-0.3, -0.25) is 10.5 Å². The van der Waals surface area contributed by atoms with Crippen LogP contribution in [0.15, 0.2) is 30.5 Å². The summed E-state index contributed by atoms with van der Waals surface area (Å²) in [5, 5.41) is 0.868. The lowest BCUT2D eigenvalue weighted by atomic mass is 10.2. The number of carbonyl (C=O) groups is 1. The second-order valence-electron chi connectivity index (χ2n) is 2.58. The number of amides is 1. The normalized spacial score (nSPS) is 10.2. The highest BCUT2D eigenvalue weighted by molar-refractivity contribution is 5.92. The molecule has 0 aliphatic heterocycles. The van der Waals surface area contributed by atoms with Crippen LogP contribution < -0.4 is 5.73 Å². The number of fused-ring (bicyclic) bond motifs is 1. The van der Waals surface area contributed by atoms with E-state index in [1.807, 2.05) is 6.07 Å². The highest BCUT2D eigenvalue weighted by Gasteiger charge is 2.03. The number of nitrogens with zero attached hydrogens (tertiary/aromatic N) is 2. The zero-order valence-corrected chi connectivity index (χ0v) is 6.69. The SMILES string of the molecule is [NH]C(=O)c1ccc2cccnc2n1. The molecule has 0 saturated carbocycles. The Hall–Kier alpha value is -1.97. The fourth-order valence-corrected chi connectivity index (χ4v) is 1.08. The van der Waals surface area contributed by atoms with Gasteiger partial charge in [-0.1, -0.05) is 0 Å². The monoisotopic (exact) mass is 172 g/mol. The summed E-state index contributed by atoms with van der Waals surface area (Å²) >= 11 is 0. The Kier molecular flexibility index (Phi) is 1.66. The van der Waals surface area contributed by atoms with E-state index in [0.29, 0.717) is 5.65 Å². The van der Waals surface area contributed by atoms with Crippen molar-refractivity contribution in [2.24, 2.45) is 0 Å². The molecular formula is C9H6N3O. The van der Waals surface area contributed by atoms with Crippen LogP contribution in [-0.2, 0) is 0 Å². The summed E-state index contributed by atoms with van der Waals surface area (Å²) in [7, 11) is 0. The van der Waals surface area contributed by atoms with Crippen LogP contribution in [0.2, 0.25) is 0 Å². The van der Waals surface area contributed by atoms with E-state index in [9.17, 15) is 4.79 Å². The van der Waals surface area contributed by atoms with Gasteiger partial charge >= 0.3 is 0 Å². The van der Waals surface area contributed by atoms with E-state index in [1.165, 1.54) is 6.07 Å². The highest BCUT2D eigenvalue weighted by Crippen LogP contribution is 2.08. The number of rotatable bonds is 1. The summed E-state index contributed by atoms with van der Waals surface area (Å²) < 4.78 is 0. The highest BCUT2D eigenvalue weighted by atomic mass is 16.1. The first-order chi connectivity index (χ1) is 6.27. The topological polar surface area (TPSA) is 66.7 Å². The molecular weight excluding hydrogens is 166 g/mol. The van der Waals surface area contributed by atoms with Crippen LogP contribution >= 0.6 is 0 Å².